The number of thiophene rings is 2. The third-order valence-electron chi connectivity index (χ3n) is 8.50. The maximum absolute atomic E-state index is 9.10. The Morgan fingerprint density at radius 1 is 0.654 bits per heavy atom. The van der Waals surface area contributed by atoms with E-state index in [1.54, 1.807) is 36.9 Å². The van der Waals surface area contributed by atoms with Crippen LogP contribution < -0.4 is 0 Å². The average Bonchev–Trinajstić information content (AvgIpc) is 3.78. The number of rotatable bonds is 20. The quantitative estimate of drug-likeness (QED) is 0.0672. The summed E-state index contributed by atoms with van der Waals surface area (Å²) < 4.78 is 35.0. The van der Waals surface area contributed by atoms with Gasteiger partial charge in [0.25, 0.3) is 0 Å². The molecule has 52 heavy (non-hydrogen) atoms. The van der Waals surface area contributed by atoms with Crippen LogP contribution in [-0.4, -0.2) is 138 Å². The minimum atomic E-state index is -1.82. The van der Waals surface area contributed by atoms with E-state index in [0.717, 1.165) is 91.4 Å². The van der Waals surface area contributed by atoms with Crippen LogP contribution in [0, 0.1) is 0 Å². The fourth-order valence-electron chi connectivity index (χ4n) is 5.66. The van der Waals surface area contributed by atoms with Crippen LogP contribution in [0.5, 0.6) is 0 Å². The highest BCUT2D eigenvalue weighted by Crippen LogP contribution is 2.23. The van der Waals surface area contributed by atoms with E-state index in [0.29, 0.717) is 25.8 Å². The van der Waals surface area contributed by atoms with Crippen LogP contribution >= 0.6 is 22.7 Å². The van der Waals surface area contributed by atoms with Gasteiger partial charge in [0, 0.05) is 76.1 Å². The molecular formula is C38H52N2O10S2. The molecular weight excluding hydrogens is 709 g/mol. The molecule has 2 saturated heterocycles. The Balaban J connectivity index is 0.000000202. The first-order valence-electron chi connectivity index (χ1n) is 17.5. The van der Waals surface area contributed by atoms with Crippen molar-refractivity contribution in [2.75, 3.05) is 93.5 Å². The summed E-state index contributed by atoms with van der Waals surface area (Å²) in [6.07, 6.45) is 4.84. The van der Waals surface area contributed by atoms with E-state index in [9.17, 15) is 0 Å². The number of carboxylic acid groups (broad SMARTS) is 2. The molecule has 2 N–H and O–H groups in total. The lowest BCUT2D eigenvalue weighted by Crippen LogP contribution is -2.52. The molecule has 2 aromatic carbocycles. The molecule has 0 amide bonds. The highest BCUT2D eigenvalue weighted by Gasteiger charge is 2.27. The maximum atomic E-state index is 9.10. The molecule has 14 heteroatoms. The van der Waals surface area contributed by atoms with Gasteiger partial charge in [0.15, 0.2) is 0 Å². The zero-order valence-electron chi connectivity index (χ0n) is 30.1. The Bertz CT molecular complexity index is 1480. The second kappa shape index (κ2) is 23.6. The summed E-state index contributed by atoms with van der Waals surface area (Å²) >= 11 is 3.59. The number of ether oxygens (including phenoxy) is 6. The molecule has 2 fully saturated rings. The van der Waals surface area contributed by atoms with Gasteiger partial charge in [-0.05, 0) is 82.6 Å². The van der Waals surface area contributed by atoms with Crippen LogP contribution in [-0.2, 0) is 50.9 Å². The molecule has 2 aromatic heterocycles. The predicted molar refractivity (Wildman–Crippen MR) is 204 cm³/mol. The number of benzene rings is 2. The number of aliphatic carboxylic acids is 2. The molecule has 286 valence electrons. The Kier molecular flexibility index (Phi) is 18.9. The normalized spacial score (nSPS) is 15.0. The summed E-state index contributed by atoms with van der Waals surface area (Å²) in [6.45, 7) is 10.3. The van der Waals surface area contributed by atoms with Gasteiger partial charge < -0.3 is 38.6 Å². The molecule has 12 nitrogen and oxygen atoms in total. The molecule has 4 heterocycles. The molecule has 4 aromatic rings. The standard InChI is InChI=1S/2C18H25NO3S.C2H2O4/c2*1-20-14-22-17-12-19(13-17)7-2-8-21-9-5-15-3-4-18-16(11-15)6-10-23-18;3-1(4)2(5)6/h2*3-4,6,10-11,17H,2,5,7-9,12-14H2,1H3;(H,3,4)(H,5,6). The van der Waals surface area contributed by atoms with Crippen molar-refractivity contribution >= 4 is 54.8 Å². The third kappa shape index (κ3) is 15.1. The van der Waals surface area contributed by atoms with Gasteiger partial charge in [-0.3, -0.25) is 9.80 Å². The second-order valence-electron chi connectivity index (χ2n) is 12.5. The van der Waals surface area contributed by atoms with Crippen molar-refractivity contribution in [1.82, 2.24) is 9.80 Å². The van der Waals surface area contributed by atoms with Crippen molar-refractivity contribution in [1.29, 1.82) is 0 Å². The van der Waals surface area contributed by atoms with Crippen LogP contribution in [0.25, 0.3) is 20.2 Å². The second-order valence-corrected chi connectivity index (χ2v) is 14.4. The summed E-state index contributed by atoms with van der Waals surface area (Å²) in [5, 5.41) is 21.8. The lowest BCUT2D eigenvalue weighted by atomic mass is 10.1. The Hall–Kier alpha value is -3.02. The van der Waals surface area contributed by atoms with Crippen molar-refractivity contribution < 1.29 is 48.2 Å². The number of fused-ring (bicyclic) bond motifs is 2. The number of nitrogens with zero attached hydrogens (tertiary/aromatic N) is 2. The zero-order valence-corrected chi connectivity index (χ0v) is 31.7. The summed E-state index contributed by atoms with van der Waals surface area (Å²) in [4.78, 5) is 23.0. The van der Waals surface area contributed by atoms with Crippen LogP contribution in [0.3, 0.4) is 0 Å². The SMILES string of the molecule is COCOC1CN(CCCOCCc2ccc3sccc3c2)C1.COCOC1CN(CCCOCCc2ccc3sccc3c2)C1.O=C(O)C(=O)O. The lowest BCUT2D eigenvalue weighted by Gasteiger charge is -2.38. The molecule has 0 spiro atoms. The number of hydrogen-bond donors (Lipinski definition) is 2. The molecule has 2 aliphatic rings. The Morgan fingerprint density at radius 3 is 1.46 bits per heavy atom. The molecule has 0 radical (unpaired) electrons. The minimum Gasteiger partial charge on any atom is -0.473 e. The van der Waals surface area contributed by atoms with E-state index >= 15 is 0 Å². The Labute approximate surface area is 313 Å². The van der Waals surface area contributed by atoms with Crippen LogP contribution in [0.4, 0.5) is 0 Å². The van der Waals surface area contributed by atoms with Crippen molar-refractivity contribution in [3.63, 3.8) is 0 Å². The highest BCUT2D eigenvalue weighted by molar-refractivity contribution is 7.17. The van der Waals surface area contributed by atoms with E-state index < -0.39 is 11.9 Å². The van der Waals surface area contributed by atoms with E-state index in [1.807, 2.05) is 0 Å². The number of carbonyl (C=O) groups is 2. The highest BCUT2D eigenvalue weighted by atomic mass is 32.1. The molecule has 0 unspecified atom stereocenters. The van der Waals surface area contributed by atoms with Gasteiger partial charge in [0.1, 0.15) is 13.6 Å². The van der Waals surface area contributed by atoms with Crippen LogP contribution in [0.15, 0.2) is 59.3 Å². The third-order valence-corrected chi connectivity index (χ3v) is 10.3. The monoisotopic (exact) mass is 760 g/mol. The summed E-state index contributed by atoms with van der Waals surface area (Å²) in [5.74, 6) is -3.65. The topological polar surface area (TPSA) is 136 Å². The predicted octanol–water partition coefficient (Wildman–Crippen LogP) is 5.47. The molecule has 0 aliphatic carbocycles. The zero-order chi connectivity index (χ0) is 37.0. The van der Waals surface area contributed by atoms with Gasteiger partial charge >= 0.3 is 11.9 Å². The van der Waals surface area contributed by atoms with Gasteiger partial charge in [0.05, 0.1) is 25.4 Å². The first kappa shape index (κ1) is 41.7. The van der Waals surface area contributed by atoms with E-state index in [-0.39, 0.29) is 0 Å². The largest absolute Gasteiger partial charge is 0.473 e. The van der Waals surface area contributed by atoms with E-state index in [1.165, 1.54) is 31.3 Å². The van der Waals surface area contributed by atoms with Crippen molar-refractivity contribution in [3.05, 3.63) is 70.4 Å². The van der Waals surface area contributed by atoms with Crippen LogP contribution in [0.1, 0.15) is 24.0 Å². The fraction of sp³-hybridized carbons (Fsp3) is 0.526. The molecule has 2 aliphatic heterocycles. The molecule has 0 bridgehead atoms. The number of likely N-dealkylation sites (tertiary alicyclic amines) is 2. The summed E-state index contributed by atoms with van der Waals surface area (Å²) in [7, 11) is 3.32. The first-order chi connectivity index (χ1) is 25.3. The molecule has 0 atom stereocenters. The summed E-state index contributed by atoms with van der Waals surface area (Å²) in [6, 6.07) is 17.8. The first-order valence-corrected chi connectivity index (χ1v) is 19.3. The van der Waals surface area contributed by atoms with Gasteiger partial charge in [-0.1, -0.05) is 24.3 Å². The lowest BCUT2D eigenvalue weighted by molar-refractivity contribution is -0.159. The average molecular weight is 761 g/mol. The van der Waals surface area contributed by atoms with Crippen molar-refractivity contribution in [2.45, 2.75) is 37.9 Å². The van der Waals surface area contributed by atoms with Gasteiger partial charge in [-0.15, -0.1) is 22.7 Å². The molecule has 6 rings (SSSR count). The number of methoxy groups -OCH3 is 2. The van der Waals surface area contributed by atoms with Crippen LogP contribution in [0.2, 0.25) is 0 Å². The molecule has 0 saturated carbocycles. The van der Waals surface area contributed by atoms with Crippen molar-refractivity contribution in [3.8, 4) is 0 Å². The van der Waals surface area contributed by atoms with E-state index in [2.05, 4.69) is 69.1 Å². The van der Waals surface area contributed by atoms with Gasteiger partial charge in [-0.2, -0.15) is 0 Å². The minimum absolute atomic E-state index is 0.350. The van der Waals surface area contributed by atoms with Gasteiger partial charge in [-0.25, -0.2) is 9.59 Å². The number of carboxylic acids is 2. The number of hydrogen-bond acceptors (Lipinski definition) is 12. The fourth-order valence-corrected chi connectivity index (χ4v) is 7.20. The van der Waals surface area contributed by atoms with Crippen molar-refractivity contribution in [2.24, 2.45) is 0 Å². The summed E-state index contributed by atoms with van der Waals surface area (Å²) in [5.41, 5.74) is 2.72. The van der Waals surface area contributed by atoms with E-state index in [4.69, 9.17) is 48.2 Å². The van der Waals surface area contributed by atoms with Gasteiger partial charge in [0.2, 0.25) is 0 Å². The smallest absolute Gasteiger partial charge is 0.414 e. The maximum Gasteiger partial charge on any atom is 0.414 e. The Morgan fingerprint density at radius 2 is 1.08 bits per heavy atom.